The molecule has 0 spiro atoms. The first-order valence-corrected chi connectivity index (χ1v) is 9.62. The second kappa shape index (κ2) is 8.17. The van der Waals surface area contributed by atoms with Crippen molar-refractivity contribution in [2.75, 3.05) is 31.8 Å². The molecule has 2 aromatic carbocycles. The van der Waals surface area contributed by atoms with Gasteiger partial charge in [0.15, 0.2) is 5.11 Å². The van der Waals surface area contributed by atoms with Crippen molar-refractivity contribution >= 4 is 46.4 Å². The number of methoxy groups -OCH3 is 2. The Hall–Kier alpha value is -1.63. The molecule has 0 unspecified atom stereocenters. The lowest BCUT2D eigenvalue weighted by Gasteiger charge is -2.27. The fourth-order valence-electron chi connectivity index (χ4n) is 2.66. The van der Waals surface area contributed by atoms with Crippen LogP contribution in [0.2, 0.25) is 5.02 Å². The Morgan fingerprint density at radius 1 is 1.20 bits per heavy atom. The predicted octanol–water partition coefficient (Wildman–Crippen LogP) is 4.80. The summed E-state index contributed by atoms with van der Waals surface area (Å²) in [4.78, 5) is 2.19. The lowest BCUT2D eigenvalue weighted by atomic mass is 10.2. The lowest BCUT2D eigenvalue weighted by Crippen LogP contribution is -2.34. The molecule has 3 rings (SSSR count). The smallest absolute Gasteiger partial charge is 0.174 e. The van der Waals surface area contributed by atoms with Crippen molar-refractivity contribution < 1.29 is 9.47 Å². The quantitative estimate of drug-likeness (QED) is 0.750. The summed E-state index contributed by atoms with van der Waals surface area (Å²) in [5.74, 6) is 2.53. The van der Waals surface area contributed by atoms with Crippen LogP contribution < -0.4 is 14.8 Å². The first kappa shape index (κ1) is 18.2. The van der Waals surface area contributed by atoms with Crippen molar-refractivity contribution in [1.82, 2.24) is 4.90 Å². The van der Waals surface area contributed by atoms with E-state index >= 15 is 0 Å². The summed E-state index contributed by atoms with van der Waals surface area (Å²) >= 11 is 13.7. The highest BCUT2D eigenvalue weighted by Crippen LogP contribution is 2.39. The van der Waals surface area contributed by atoms with Crippen LogP contribution in [-0.4, -0.2) is 36.5 Å². The third-order valence-electron chi connectivity index (χ3n) is 3.96. The van der Waals surface area contributed by atoms with Crippen LogP contribution in [0, 0.1) is 0 Å². The van der Waals surface area contributed by atoms with Crippen molar-refractivity contribution in [3.05, 3.63) is 53.1 Å². The SMILES string of the molecule is COc1ccc([C@@H]2SCCN2C(=S)Nc2ccc(OC)c(Cl)c2)cc1. The highest BCUT2D eigenvalue weighted by Gasteiger charge is 2.28. The first-order valence-electron chi connectivity index (χ1n) is 7.79. The maximum atomic E-state index is 6.19. The van der Waals surface area contributed by atoms with Crippen LogP contribution in [0.1, 0.15) is 10.9 Å². The molecule has 1 atom stereocenters. The van der Waals surface area contributed by atoms with Gasteiger partial charge in [0.2, 0.25) is 0 Å². The molecule has 0 aliphatic carbocycles. The minimum Gasteiger partial charge on any atom is -0.497 e. The molecule has 1 N–H and O–H groups in total. The summed E-state index contributed by atoms with van der Waals surface area (Å²) in [6.07, 6.45) is 0. The van der Waals surface area contributed by atoms with Gasteiger partial charge < -0.3 is 19.7 Å². The zero-order valence-electron chi connectivity index (χ0n) is 14.0. The number of thiocarbonyl (C=S) groups is 1. The Kier molecular flexibility index (Phi) is 5.93. The summed E-state index contributed by atoms with van der Waals surface area (Å²) in [5, 5.41) is 4.71. The average Bonchev–Trinajstić information content (AvgIpc) is 3.12. The van der Waals surface area contributed by atoms with Crippen LogP contribution in [0.4, 0.5) is 5.69 Å². The molecule has 1 fully saturated rings. The number of hydrogen-bond donors (Lipinski definition) is 1. The van der Waals surface area contributed by atoms with Gasteiger partial charge in [-0.05, 0) is 48.1 Å². The zero-order chi connectivity index (χ0) is 17.8. The van der Waals surface area contributed by atoms with E-state index in [0.29, 0.717) is 15.9 Å². The van der Waals surface area contributed by atoms with Crippen molar-refractivity contribution in [3.63, 3.8) is 0 Å². The van der Waals surface area contributed by atoms with Gasteiger partial charge in [-0.1, -0.05) is 23.7 Å². The molecule has 0 amide bonds. The normalized spacial score (nSPS) is 16.6. The third kappa shape index (κ3) is 4.14. The van der Waals surface area contributed by atoms with E-state index in [4.69, 9.17) is 33.3 Å². The van der Waals surface area contributed by atoms with E-state index in [1.54, 1.807) is 14.2 Å². The van der Waals surface area contributed by atoms with Crippen LogP contribution in [0.5, 0.6) is 11.5 Å². The highest BCUT2D eigenvalue weighted by atomic mass is 35.5. The highest BCUT2D eigenvalue weighted by molar-refractivity contribution is 7.99. The summed E-state index contributed by atoms with van der Waals surface area (Å²) < 4.78 is 10.4. The van der Waals surface area contributed by atoms with Gasteiger partial charge in [0.25, 0.3) is 0 Å². The van der Waals surface area contributed by atoms with Gasteiger partial charge in [0.1, 0.15) is 16.9 Å². The molecular weight excluding hydrogens is 376 g/mol. The number of rotatable bonds is 4. The van der Waals surface area contributed by atoms with Gasteiger partial charge in [-0.3, -0.25) is 0 Å². The minimum atomic E-state index is 0.194. The monoisotopic (exact) mass is 394 g/mol. The molecule has 25 heavy (non-hydrogen) atoms. The fraction of sp³-hybridized carbons (Fsp3) is 0.278. The molecule has 1 aliphatic heterocycles. The Bertz CT molecular complexity index is 755. The van der Waals surface area contributed by atoms with Crippen LogP contribution in [0.15, 0.2) is 42.5 Å². The molecule has 132 valence electrons. The molecule has 1 heterocycles. The van der Waals surface area contributed by atoms with Crippen LogP contribution in [0.25, 0.3) is 0 Å². The van der Waals surface area contributed by atoms with Crippen molar-refractivity contribution in [3.8, 4) is 11.5 Å². The van der Waals surface area contributed by atoms with Gasteiger partial charge in [-0.25, -0.2) is 0 Å². The van der Waals surface area contributed by atoms with E-state index in [2.05, 4.69) is 22.3 Å². The Morgan fingerprint density at radius 3 is 2.60 bits per heavy atom. The van der Waals surface area contributed by atoms with Crippen molar-refractivity contribution in [2.45, 2.75) is 5.37 Å². The molecule has 0 radical (unpaired) electrons. The van der Waals surface area contributed by atoms with E-state index in [-0.39, 0.29) is 5.37 Å². The second-order valence-electron chi connectivity index (χ2n) is 5.47. The van der Waals surface area contributed by atoms with E-state index < -0.39 is 0 Å². The molecule has 7 heteroatoms. The number of anilines is 1. The van der Waals surface area contributed by atoms with E-state index in [1.807, 2.05) is 42.1 Å². The molecule has 2 aromatic rings. The van der Waals surface area contributed by atoms with E-state index in [1.165, 1.54) is 5.56 Å². The van der Waals surface area contributed by atoms with E-state index in [9.17, 15) is 0 Å². The van der Waals surface area contributed by atoms with E-state index in [0.717, 1.165) is 23.7 Å². The number of hydrogen-bond acceptors (Lipinski definition) is 4. The summed E-state index contributed by atoms with van der Waals surface area (Å²) in [5.41, 5.74) is 2.06. The zero-order valence-corrected chi connectivity index (χ0v) is 16.4. The Morgan fingerprint density at radius 2 is 1.96 bits per heavy atom. The number of thioether (sulfide) groups is 1. The number of benzene rings is 2. The molecule has 0 aromatic heterocycles. The molecule has 0 bridgehead atoms. The van der Waals surface area contributed by atoms with Gasteiger partial charge >= 0.3 is 0 Å². The molecule has 0 saturated carbocycles. The molecule has 1 saturated heterocycles. The van der Waals surface area contributed by atoms with Gasteiger partial charge in [0.05, 0.1) is 19.2 Å². The van der Waals surface area contributed by atoms with Crippen molar-refractivity contribution in [1.29, 1.82) is 0 Å². The molecular formula is C18H19ClN2O2S2. The van der Waals surface area contributed by atoms with Crippen LogP contribution >= 0.6 is 35.6 Å². The Labute approximate surface area is 162 Å². The summed E-state index contributed by atoms with van der Waals surface area (Å²) in [7, 11) is 3.27. The standard InChI is InChI=1S/C18H19ClN2O2S2/c1-22-14-6-3-12(4-7-14)17-21(9-10-25-17)18(24)20-13-5-8-16(23-2)15(19)11-13/h3-8,11,17H,9-10H2,1-2H3,(H,20,24)/t17-/m0/s1. The topological polar surface area (TPSA) is 33.7 Å². The minimum absolute atomic E-state index is 0.194. The molecule has 1 aliphatic rings. The average molecular weight is 395 g/mol. The van der Waals surface area contributed by atoms with Gasteiger partial charge in [0, 0.05) is 18.0 Å². The Balaban J connectivity index is 1.72. The van der Waals surface area contributed by atoms with Gasteiger partial charge in [-0.15, -0.1) is 11.8 Å². The summed E-state index contributed by atoms with van der Waals surface area (Å²) in [6.45, 7) is 0.900. The van der Waals surface area contributed by atoms with Crippen LogP contribution in [0.3, 0.4) is 0 Å². The number of halogens is 1. The number of ether oxygens (including phenoxy) is 2. The summed E-state index contributed by atoms with van der Waals surface area (Å²) in [6, 6.07) is 13.7. The van der Waals surface area contributed by atoms with Crippen molar-refractivity contribution in [2.24, 2.45) is 0 Å². The lowest BCUT2D eigenvalue weighted by molar-refractivity contribution is 0.413. The number of nitrogens with one attached hydrogen (secondary N) is 1. The third-order valence-corrected chi connectivity index (χ3v) is 5.85. The van der Waals surface area contributed by atoms with Gasteiger partial charge in [-0.2, -0.15) is 0 Å². The molecule has 4 nitrogen and oxygen atoms in total. The number of nitrogens with zero attached hydrogens (tertiary/aromatic N) is 1. The largest absolute Gasteiger partial charge is 0.497 e. The maximum absolute atomic E-state index is 6.19. The fourth-order valence-corrected chi connectivity index (χ4v) is 4.57. The second-order valence-corrected chi connectivity index (χ2v) is 7.45. The van der Waals surface area contributed by atoms with Crippen LogP contribution in [-0.2, 0) is 0 Å². The first-order chi connectivity index (χ1) is 12.1. The maximum Gasteiger partial charge on any atom is 0.174 e. The predicted molar refractivity (Wildman–Crippen MR) is 109 cm³/mol.